The van der Waals surface area contributed by atoms with Crippen LogP contribution in [0.1, 0.15) is 44.4 Å². The van der Waals surface area contributed by atoms with Crippen LogP contribution in [0.2, 0.25) is 0 Å². The van der Waals surface area contributed by atoms with Crippen molar-refractivity contribution < 1.29 is 18.0 Å². The number of hydrogen-bond donors (Lipinski definition) is 1. The molecule has 45 heavy (non-hydrogen) atoms. The summed E-state index contributed by atoms with van der Waals surface area (Å²) in [6.07, 6.45) is 1.04. The third kappa shape index (κ3) is 9.28. The largest absolute Gasteiger partial charge is 0.350 e. The molecule has 9 heteroatoms. The Bertz CT molecular complexity index is 1670. The molecule has 0 aliphatic rings. The molecule has 0 fully saturated rings. The van der Waals surface area contributed by atoms with E-state index < -0.39 is 34.1 Å². The van der Waals surface area contributed by atoms with Gasteiger partial charge in [0.15, 0.2) is 0 Å². The van der Waals surface area contributed by atoms with Crippen molar-refractivity contribution in [3.8, 4) is 0 Å². The average molecular weight is 691 g/mol. The molecule has 0 radical (unpaired) electrons. The molecule has 0 aliphatic carbocycles. The Morgan fingerprint density at radius 2 is 1.33 bits per heavy atom. The summed E-state index contributed by atoms with van der Waals surface area (Å²) in [5.41, 5.74) is 2.54. The van der Waals surface area contributed by atoms with E-state index in [0.717, 1.165) is 31.9 Å². The number of nitrogens with one attached hydrogen (secondary N) is 1. The zero-order valence-electron chi connectivity index (χ0n) is 26.1. The van der Waals surface area contributed by atoms with Crippen molar-refractivity contribution in [2.24, 2.45) is 0 Å². The second-order valence-corrected chi connectivity index (χ2v) is 14.7. The molecule has 4 aromatic rings. The van der Waals surface area contributed by atoms with E-state index in [1.807, 2.05) is 94.4 Å². The third-order valence-corrected chi connectivity index (χ3v) is 9.59. The summed E-state index contributed by atoms with van der Waals surface area (Å²) >= 11 is 3.46. The van der Waals surface area contributed by atoms with Gasteiger partial charge < -0.3 is 10.2 Å². The normalized spacial score (nSPS) is 12.3. The van der Waals surface area contributed by atoms with E-state index in [2.05, 4.69) is 21.2 Å². The van der Waals surface area contributed by atoms with Crippen LogP contribution in [0.15, 0.2) is 119 Å². The molecule has 1 N–H and O–H groups in total. The zero-order chi connectivity index (χ0) is 32.6. The second-order valence-electron chi connectivity index (χ2n) is 11.9. The van der Waals surface area contributed by atoms with Crippen LogP contribution in [0.5, 0.6) is 0 Å². The quantitative estimate of drug-likeness (QED) is 0.178. The molecule has 0 bridgehead atoms. The van der Waals surface area contributed by atoms with Gasteiger partial charge in [-0.3, -0.25) is 13.9 Å². The number of carbonyl (C=O) groups is 2. The first kappa shape index (κ1) is 33.9. The van der Waals surface area contributed by atoms with Gasteiger partial charge in [-0.2, -0.15) is 0 Å². The molecule has 1 unspecified atom stereocenters. The van der Waals surface area contributed by atoms with E-state index in [9.17, 15) is 18.0 Å². The fraction of sp³-hybridized carbons (Fsp3) is 0.278. The molecule has 0 aliphatic heterocycles. The van der Waals surface area contributed by atoms with Crippen LogP contribution >= 0.6 is 15.9 Å². The predicted molar refractivity (Wildman–Crippen MR) is 183 cm³/mol. The molecule has 0 saturated heterocycles. The molecule has 0 spiro atoms. The lowest BCUT2D eigenvalue weighted by atomic mass is 10.0. The number of sulfonamides is 1. The van der Waals surface area contributed by atoms with E-state index in [1.54, 1.807) is 30.3 Å². The van der Waals surface area contributed by atoms with Gasteiger partial charge in [-0.15, -0.1) is 0 Å². The highest BCUT2D eigenvalue weighted by Crippen LogP contribution is 2.26. The summed E-state index contributed by atoms with van der Waals surface area (Å²) in [6.45, 7) is 7.30. The molecule has 0 aromatic heterocycles. The van der Waals surface area contributed by atoms with Gasteiger partial charge in [0.1, 0.15) is 12.6 Å². The van der Waals surface area contributed by atoms with Gasteiger partial charge in [-0.1, -0.05) is 95.7 Å². The average Bonchev–Trinajstić information content (AvgIpc) is 3.02. The summed E-state index contributed by atoms with van der Waals surface area (Å²) in [4.78, 5) is 30.1. The molecule has 0 heterocycles. The minimum atomic E-state index is -4.14. The SMILES string of the molecule is CCc1ccc(N(CC(=O)N(Cc2ccc(Br)cc2)C(Cc2ccccc2)C(=O)NC(C)(C)C)S(=O)(=O)c2ccccc2)cc1. The maximum absolute atomic E-state index is 14.5. The standard InChI is InChI=1S/C36H40BrN3O4S/c1-5-27-18-22-31(23-19-27)40(45(43,44)32-14-10-7-11-15-32)26-34(41)39(25-29-16-20-30(37)21-17-29)33(35(42)38-36(2,3)4)24-28-12-8-6-9-13-28/h6-23,33H,5,24-26H2,1-4H3,(H,38,42). The van der Waals surface area contributed by atoms with E-state index in [4.69, 9.17) is 0 Å². The maximum atomic E-state index is 14.5. The smallest absolute Gasteiger partial charge is 0.264 e. The summed E-state index contributed by atoms with van der Waals surface area (Å²) in [6, 6.07) is 31.4. The van der Waals surface area contributed by atoms with E-state index >= 15 is 0 Å². The number of amides is 2. The lowest BCUT2D eigenvalue weighted by molar-refractivity contribution is -0.140. The first-order valence-corrected chi connectivity index (χ1v) is 17.2. The number of halogens is 1. The zero-order valence-corrected chi connectivity index (χ0v) is 28.5. The number of carbonyl (C=O) groups excluding carboxylic acids is 2. The van der Waals surface area contributed by atoms with Crippen molar-refractivity contribution in [3.63, 3.8) is 0 Å². The minimum absolute atomic E-state index is 0.0724. The van der Waals surface area contributed by atoms with Crippen LogP contribution < -0.4 is 9.62 Å². The fourth-order valence-corrected chi connectivity index (χ4v) is 6.64. The summed E-state index contributed by atoms with van der Waals surface area (Å²) in [5, 5.41) is 3.05. The van der Waals surface area contributed by atoms with E-state index in [1.165, 1.54) is 17.0 Å². The monoisotopic (exact) mass is 689 g/mol. The first-order valence-electron chi connectivity index (χ1n) is 14.9. The van der Waals surface area contributed by atoms with Crippen LogP contribution in [0.4, 0.5) is 5.69 Å². The Labute approximate surface area is 275 Å². The van der Waals surface area contributed by atoms with Gasteiger partial charge in [-0.05, 0) is 80.3 Å². The van der Waals surface area contributed by atoms with Crippen LogP contribution in [-0.4, -0.2) is 43.3 Å². The first-order chi connectivity index (χ1) is 21.4. The number of nitrogens with zero attached hydrogens (tertiary/aromatic N) is 2. The second kappa shape index (κ2) is 14.9. The van der Waals surface area contributed by atoms with Gasteiger partial charge in [0.05, 0.1) is 10.6 Å². The van der Waals surface area contributed by atoms with Crippen molar-refractivity contribution >= 4 is 43.5 Å². The lowest BCUT2D eigenvalue weighted by Crippen LogP contribution is -2.56. The molecular formula is C36H40BrN3O4S. The summed E-state index contributed by atoms with van der Waals surface area (Å²) < 4.78 is 30.2. The molecule has 0 saturated carbocycles. The molecule has 4 rings (SSSR count). The third-order valence-electron chi connectivity index (χ3n) is 7.28. The number of anilines is 1. The Kier molecular flexibility index (Phi) is 11.2. The molecule has 4 aromatic carbocycles. The fourth-order valence-electron chi connectivity index (χ4n) is 4.94. The van der Waals surface area contributed by atoms with Gasteiger partial charge in [0.2, 0.25) is 11.8 Å². The lowest BCUT2D eigenvalue weighted by Gasteiger charge is -2.35. The predicted octanol–water partition coefficient (Wildman–Crippen LogP) is 6.76. The molecule has 1 atom stereocenters. The Morgan fingerprint density at radius 1 is 0.778 bits per heavy atom. The van der Waals surface area contributed by atoms with Crippen molar-refractivity contribution in [1.29, 1.82) is 0 Å². The van der Waals surface area contributed by atoms with Crippen LogP contribution in [0.25, 0.3) is 0 Å². The highest BCUT2D eigenvalue weighted by molar-refractivity contribution is 9.10. The van der Waals surface area contributed by atoms with E-state index in [0.29, 0.717) is 5.69 Å². The Hall–Kier alpha value is -3.95. The van der Waals surface area contributed by atoms with Crippen molar-refractivity contribution in [3.05, 3.63) is 130 Å². The van der Waals surface area contributed by atoms with Crippen molar-refractivity contribution in [2.75, 3.05) is 10.8 Å². The molecule has 2 amide bonds. The topological polar surface area (TPSA) is 86.8 Å². The Morgan fingerprint density at radius 3 is 1.89 bits per heavy atom. The van der Waals surface area contributed by atoms with Crippen molar-refractivity contribution in [1.82, 2.24) is 10.2 Å². The highest BCUT2D eigenvalue weighted by Gasteiger charge is 2.35. The van der Waals surface area contributed by atoms with Gasteiger partial charge in [0.25, 0.3) is 10.0 Å². The van der Waals surface area contributed by atoms with Gasteiger partial charge >= 0.3 is 0 Å². The molecular weight excluding hydrogens is 650 g/mol. The highest BCUT2D eigenvalue weighted by atomic mass is 79.9. The molecule has 7 nitrogen and oxygen atoms in total. The molecule has 236 valence electrons. The Balaban J connectivity index is 1.81. The van der Waals surface area contributed by atoms with Crippen LogP contribution in [-0.2, 0) is 39.0 Å². The summed E-state index contributed by atoms with van der Waals surface area (Å²) in [5.74, 6) is -0.816. The minimum Gasteiger partial charge on any atom is -0.350 e. The summed E-state index contributed by atoms with van der Waals surface area (Å²) in [7, 11) is -4.14. The van der Waals surface area contributed by atoms with Crippen LogP contribution in [0, 0.1) is 0 Å². The van der Waals surface area contributed by atoms with Gasteiger partial charge in [-0.25, -0.2) is 8.42 Å². The van der Waals surface area contributed by atoms with Gasteiger partial charge in [0, 0.05) is 23.0 Å². The maximum Gasteiger partial charge on any atom is 0.264 e. The number of hydrogen-bond acceptors (Lipinski definition) is 4. The number of aryl methyl sites for hydroxylation is 1. The van der Waals surface area contributed by atoms with Crippen molar-refractivity contribution in [2.45, 2.75) is 63.6 Å². The van der Waals surface area contributed by atoms with Crippen LogP contribution in [0.3, 0.4) is 0 Å². The van der Waals surface area contributed by atoms with E-state index in [-0.39, 0.29) is 23.8 Å². The number of rotatable bonds is 12. The number of benzene rings is 4.